The Bertz CT molecular complexity index is 711. The predicted octanol–water partition coefficient (Wildman–Crippen LogP) is 2.87. The predicted molar refractivity (Wildman–Crippen MR) is 97.0 cm³/mol. The zero-order chi connectivity index (χ0) is 19.2. The molecule has 1 aromatic carbocycles. The van der Waals surface area contributed by atoms with E-state index in [1.54, 1.807) is 0 Å². The molecular formula is C16H20ClF3N4O3. The Labute approximate surface area is 159 Å². The lowest BCUT2D eigenvalue weighted by Crippen LogP contribution is -2.30. The molecule has 150 valence electrons. The second-order valence-corrected chi connectivity index (χ2v) is 5.76. The van der Waals surface area contributed by atoms with Crippen LogP contribution in [0.15, 0.2) is 29.8 Å². The molecule has 0 aliphatic carbocycles. The summed E-state index contributed by atoms with van der Waals surface area (Å²) in [5.41, 5.74) is -0.705. The number of halogens is 4. The molecule has 2 rings (SSSR count). The van der Waals surface area contributed by atoms with Crippen molar-refractivity contribution in [2.45, 2.75) is 19.0 Å². The van der Waals surface area contributed by atoms with Crippen molar-refractivity contribution in [2.75, 3.05) is 31.5 Å². The summed E-state index contributed by atoms with van der Waals surface area (Å²) in [6, 6.07) is 2.24. The lowest BCUT2D eigenvalue weighted by Gasteiger charge is -2.14. The summed E-state index contributed by atoms with van der Waals surface area (Å²) < 4.78 is 38.0. The lowest BCUT2D eigenvalue weighted by molar-refractivity contribution is -0.384. The summed E-state index contributed by atoms with van der Waals surface area (Å²) in [5, 5.41) is 19.5. The average molecular weight is 409 g/mol. The zero-order valence-electron chi connectivity index (χ0n) is 14.3. The molecule has 0 atom stereocenters. The number of amides is 1. The topological polar surface area (TPSA) is 96.3 Å². The van der Waals surface area contributed by atoms with Crippen LogP contribution in [0.1, 0.15) is 18.4 Å². The number of hydrogen-bond donors (Lipinski definition) is 3. The number of carbonyl (C=O) groups is 1. The number of nitrogens with one attached hydrogen (secondary N) is 3. The van der Waals surface area contributed by atoms with Gasteiger partial charge in [-0.2, -0.15) is 13.2 Å². The molecule has 1 aliphatic rings. The van der Waals surface area contributed by atoms with E-state index < -0.39 is 22.4 Å². The van der Waals surface area contributed by atoms with Crippen LogP contribution in [0.4, 0.5) is 24.5 Å². The number of alkyl halides is 3. The maximum absolute atomic E-state index is 12.7. The summed E-state index contributed by atoms with van der Waals surface area (Å²) in [7, 11) is 0. The van der Waals surface area contributed by atoms with Gasteiger partial charge in [-0.25, -0.2) is 0 Å². The van der Waals surface area contributed by atoms with Gasteiger partial charge in [0.15, 0.2) is 0 Å². The average Bonchev–Trinajstić information content (AvgIpc) is 2.60. The minimum absolute atomic E-state index is 0. The summed E-state index contributed by atoms with van der Waals surface area (Å²) in [5.74, 6) is -0.244. The third-order valence-electron chi connectivity index (χ3n) is 3.86. The van der Waals surface area contributed by atoms with Crippen molar-refractivity contribution >= 4 is 29.7 Å². The molecule has 7 nitrogen and oxygen atoms in total. The van der Waals surface area contributed by atoms with Gasteiger partial charge in [-0.1, -0.05) is 11.6 Å². The lowest BCUT2D eigenvalue weighted by atomic mass is 10.1. The van der Waals surface area contributed by atoms with E-state index >= 15 is 0 Å². The van der Waals surface area contributed by atoms with Crippen LogP contribution in [-0.4, -0.2) is 37.0 Å². The quantitative estimate of drug-likeness (QED) is 0.366. The third-order valence-corrected chi connectivity index (χ3v) is 3.86. The van der Waals surface area contributed by atoms with Gasteiger partial charge in [-0.15, -0.1) is 12.4 Å². The molecule has 1 aromatic rings. The monoisotopic (exact) mass is 408 g/mol. The summed E-state index contributed by atoms with van der Waals surface area (Å²) in [4.78, 5) is 21.9. The Morgan fingerprint density at radius 3 is 2.67 bits per heavy atom. The Kier molecular flexibility index (Phi) is 8.51. The van der Waals surface area contributed by atoms with Gasteiger partial charge in [-0.3, -0.25) is 14.9 Å². The van der Waals surface area contributed by atoms with Crippen LogP contribution in [0.5, 0.6) is 0 Å². The van der Waals surface area contributed by atoms with E-state index in [-0.39, 0.29) is 37.0 Å². The van der Waals surface area contributed by atoms with E-state index in [0.717, 1.165) is 37.2 Å². The van der Waals surface area contributed by atoms with E-state index in [4.69, 9.17) is 0 Å². The summed E-state index contributed by atoms with van der Waals surface area (Å²) in [6.45, 7) is 2.14. The van der Waals surface area contributed by atoms with Crippen molar-refractivity contribution in [1.82, 2.24) is 10.6 Å². The van der Waals surface area contributed by atoms with Gasteiger partial charge in [0.05, 0.1) is 10.5 Å². The molecule has 0 bridgehead atoms. The molecule has 0 saturated heterocycles. The number of nitro benzene ring substituents is 1. The van der Waals surface area contributed by atoms with E-state index in [1.807, 2.05) is 6.08 Å². The maximum Gasteiger partial charge on any atom is 0.416 e. The molecule has 0 spiro atoms. The first kappa shape index (κ1) is 22.7. The minimum Gasteiger partial charge on any atom is -0.379 e. The minimum atomic E-state index is -4.66. The number of nitrogens with zero attached hydrogens (tertiary/aromatic N) is 1. The van der Waals surface area contributed by atoms with Crippen LogP contribution >= 0.6 is 12.4 Å². The largest absolute Gasteiger partial charge is 0.416 e. The number of rotatable bonds is 7. The first-order valence-electron chi connectivity index (χ1n) is 8.02. The standard InChI is InChI=1S/C16H19F3N4O3.ClH/c17-16(18,19)12-1-2-13(14(9-12)23(25)26)21-8-5-15(24)22-10-11-3-6-20-7-4-11;/h1-3,9,20-21H,4-8,10H2,(H,22,24);1H. The Balaban J connectivity index is 0.00000364. The first-order valence-corrected chi connectivity index (χ1v) is 8.02. The van der Waals surface area contributed by atoms with Crippen LogP contribution in [0.2, 0.25) is 0 Å². The fraction of sp³-hybridized carbons (Fsp3) is 0.438. The molecule has 3 N–H and O–H groups in total. The first-order chi connectivity index (χ1) is 12.3. The van der Waals surface area contributed by atoms with Crippen molar-refractivity contribution in [3.05, 3.63) is 45.5 Å². The maximum atomic E-state index is 12.7. The molecule has 1 aliphatic heterocycles. The molecule has 0 aromatic heterocycles. The van der Waals surface area contributed by atoms with Crippen molar-refractivity contribution in [1.29, 1.82) is 0 Å². The Morgan fingerprint density at radius 1 is 1.33 bits per heavy atom. The summed E-state index contributed by atoms with van der Waals surface area (Å²) >= 11 is 0. The van der Waals surface area contributed by atoms with E-state index in [2.05, 4.69) is 16.0 Å². The molecule has 0 radical (unpaired) electrons. The molecule has 11 heteroatoms. The highest BCUT2D eigenvalue weighted by atomic mass is 35.5. The van der Waals surface area contributed by atoms with Gasteiger partial charge in [-0.05, 0) is 25.1 Å². The second-order valence-electron chi connectivity index (χ2n) is 5.76. The van der Waals surface area contributed by atoms with Gasteiger partial charge in [0, 0.05) is 32.1 Å². The fourth-order valence-corrected chi connectivity index (χ4v) is 2.45. The molecule has 1 heterocycles. The molecule has 27 heavy (non-hydrogen) atoms. The Hall–Kier alpha value is -2.33. The molecular weight excluding hydrogens is 389 g/mol. The van der Waals surface area contributed by atoms with Crippen molar-refractivity contribution in [2.24, 2.45) is 0 Å². The number of benzene rings is 1. The van der Waals surface area contributed by atoms with E-state index in [0.29, 0.717) is 12.6 Å². The molecule has 0 saturated carbocycles. The van der Waals surface area contributed by atoms with Crippen LogP contribution in [0.25, 0.3) is 0 Å². The third kappa shape index (κ3) is 7.06. The van der Waals surface area contributed by atoms with Gasteiger partial charge in [0.1, 0.15) is 5.69 Å². The number of nitro groups is 1. The van der Waals surface area contributed by atoms with E-state index in [9.17, 15) is 28.1 Å². The van der Waals surface area contributed by atoms with Gasteiger partial charge in [0.2, 0.25) is 5.91 Å². The SMILES string of the molecule is Cl.O=C(CCNc1ccc(C(F)(F)F)cc1[N+](=O)[O-])NCC1=CCNCC1. The zero-order valence-corrected chi connectivity index (χ0v) is 15.1. The summed E-state index contributed by atoms with van der Waals surface area (Å²) in [6.07, 6.45) is -1.75. The van der Waals surface area contributed by atoms with Crippen LogP contribution in [0, 0.1) is 10.1 Å². The van der Waals surface area contributed by atoms with Crippen LogP contribution < -0.4 is 16.0 Å². The highest BCUT2D eigenvalue weighted by Gasteiger charge is 2.33. The molecule has 0 unspecified atom stereocenters. The van der Waals surface area contributed by atoms with Crippen molar-refractivity contribution in [3.8, 4) is 0 Å². The normalized spacial score (nSPS) is 14.0. The second kappa shape index (κ2) is 10.1. The number of hydrogen-bond acceptors (Lipinski definition) is 5. The molecule has 0 fully saturated rings. The van der Waals surface area contributed by atoms with Crippen molar-refractivity contribution in [3.63, 3.8) is 0 Å². The fourth-order valence-electron chi connectivity index (χ4n) is 2.45. The number of anilines is 1. The highest BCUT2D eigenvalue weighted by Crippen LogP contribution is 2.34. The van der Waals surface area contributed by atoms with E-state index in [1.165, 1.54) is 0 Å². The Morgan fingerprint density at radius 2 is 2.07 bits per heavy atom. The smallest absolute Gasteiger partial charge is 0.379 e. The van der Waals surface area contributed by atoms with Gasteiger partial charge < -0.3 is 16.0 Å². The van der Waals surface area contributed by atoms with Gasteiger partial charge >= 0.3 is 6.18 Å². The van der Waals surface area contributed by atoms with Crippen LogP contribution in [0.3, 0.4) is 0 Å². The molecule has 1 amide bonds. The number of carbonyl (C=O) groups excluding carboxylic acids is 1. The van der Waals surface area contributed by atoms with Crippen LogP contribution in [-0.2, 0) is 11.0 Å². The van der Waals surface area contributed by atoms with Gasteiger partial charge in [0.25, 0.3) is 5.69 Å². The highest BCUT2D eigenvalue weighted by molar-refractivity contribution is 5.85. The van der Waals surface area contributed by atoms with Crippen molar-refractivity contribution < 1.29 is 22.9 Å².